The van der Waals surface area contributed by atoms with Crippen molar-refractivity contribution in [1.82, 2.24) is 5.32 Å². The van der Waals surface area contributed by atoms with Gasteiger partial charge in [-0.25, -0.2) is 0 Å². The van der Waals surface area contributed by atoms with Crippen molar-refractivity contribution in [3.63, 3.8) is 0 Å². The first kappa shape index (κ1) is 18.9. The lowest BCUT2D eigenvalue weighted by molar-refractivity contribution is -0.121. The summed E-state index contributed by atoms with van der Waals surface area (Å²) < 4.78 is 16.2. The van der Waals surface area contributed by atoms with E-state index in [0.29, 0.717) is 43.4 Å². The second kappa shape index (κ2) is 10.5. The summed E-state index contributed by atoms with van der Waals surface area (Å²) in [6.45, 7) is 1.31. The number of para-hydroxylation sites is 1. The van der Waals surface area contributed by atoms with Crippen LogP contribution in [0.3, 0.4) is 0 Å². The molecule has 0 fully saturated rings. The Balaban J connectivity index is 1.54. The predicted molar refractivity (Wildman–Crippen MR) is 97.7 cm³/mol. The minimum atomic E-state index is -0.0268. The largest absolute Gasteiger partial charge is 0.497 e. The summed E-state index contributed by atoms with van der Waals surface area (Å²) in [5.74, 6) is 2.13. The van der Waals surface area contributed by atoms with E-state index < -0.39 is 0 Å². The van der Waals surface area contributed by atoms with Gasteiger partial charge in [0, 0.05) is 6.42 Å². The minimum absolute atomic E-state index is 0.0268. The van der Waals surface area contributed by atoms with Gasteiger partial charge in [0.1, 0.15) is 23.9 Å². The molecule has 0 radical (unpaired) electrons. The molecule has 134 valence electrons. The van der Waals surface area contributed by atoms with Crippen LogP contribution in [0.15, 0.2) is 48.5 Å². The average molecular weight is 364 g/mol. The molecule has 0 saturated carbocycles. The lowest BCUT2D eigenvalue weighted by Crippen LogP contribution is -2.28. The van der Waals surface area contributed by atoms with Crippen LogP contribution in [-0.4, -0.2) is 32.8 Å². The Morgan fingerprint density at radius 1 is 1.00 bits per heavy atom. The number of ether oxygens (including phenoxy) is 3. The molecular weight excluding hydrogens is 342 g/mol. The Labute approximate surface area is 152 Å². The van der Waals surface area contributed by atoms with Crippen LogP contribution in [0.4, 0.5) is 0 Å². The van der Waals surface area contributed by atoms with Crippen molar-refractivity contribution < 1.29 is 19.0 Å². The van der Waals surface area contributed by atoms with E-state index in [1.54, 1.807) is 19.2 Å². The van der Waals surface area contributed by atoms with Gasteiger partial charge in [0.25, 0.3) is 0 Å². The number of halogens is 1. The summed E-state index contributed by atoms with van der Waals surface area (Å²) in [5, 5.41) is 3.39. The normalized spacial score (nSPS) is 10.2. The lowest BCUT2D eigenvalue weighted by atomic mass is 10.3. The number of nitrogens with one attached hydrogen (secondary N) is 1. The highest BCUT2D eigenvalue weighted by Gasteiger charge is 2.03. The summed E-state index contributed by atoms with van der Waals surface area (Å²) in [6.07, 6.45) is 1.02. The Morgan fingerprint density at radius 2 is 1.72 bits per heavy atom. The lowest BCUT2D eigenvalue weighted by Gasteiger charge is -2.09. The summed E-state index contributed by atoms with van der Waals surface area (Å²) in [4.78, 5) is 11.8. The summed E-state index contributed by atoms with van der Waals surface area (Å²) in [6, 6.07) is 14.6. The van der Waals surface area contributed by atoms with Gasteiger partial charge in [-0.3, -0.25) is 4.79 Å². The van der Waals surface area contributed by atoms with Crippen molar-refractivity contribution in [2.75, 3.05) is 26.9 Å². The van der Waals surface area contributed by atoms with Gasteiger partial charge in [0.2, 0.25) is 5.91 Å². The first-order valence-corrected chi connectivity index (χ1v) is 8.47. The Kier molecular flexibility index (Phi) is 7.92. The zero-order valence-corrected chi connectivity index (χ0v) is 14.9. The third-order valence-electron chi connectivity index (χ3n) is 3.39. The molecule has 0 aliphatic carbocycles. The van der Waals surface area contributed by atoms with Gasteiger partial charge in [-0.15, -0.1) is 0 Å². The molecule has 0 aromatic heterocycles. The van der Waals surface area contributed by atoms with Crippen LogP contribution in [-0.2, 0) is 4.79 Å². The molecule has 1 N–H and O–H groups in total. The topological polar surface area (TPSA) is 56.8 Å². The monoisotopic (exact) mass is 363 g/mol. The van der Waals surface area contributed by atoms with E-state index in [-0.39, 0.29) is 5.91 Å². The van der Waals surface area contributed by atoms with Crippen molar-refractivity contribution in [2.45, 2.75) is 12.8 Å². The molecular formula is C19H22ClNO4. The number of carbonyl (C=O) groups excluding carboxylic acids is 1. The molecule has 25 heavy (non-hydrogen) atoms. The van der Waals surface area contributed by atoms with Crippen LogP contribution >= 0.6 is 11.6 Å². The molecule has 2 aromatic carbocycles. The Morgan fingerprint density at radius 3 is 2.44 bits per heavy atom. The fraction of sp³-hybridized carbons (Fsp3) is 0.316. The second-order valence-electron chi connectivity index (χ2n) is 5.26. The fourth-order valence-corrected chi connectivity index (χ4v) is 2.29. The first-order valence-electron chi connectivity index (χ1n) is 8.10. The SMILES string of the molecule is COc1ccc(OCCNC(=O)CCCOc2ccccc2Cl)cc1. The molecule has 0 bridgehead atoms. The molecule has 2 rings (SSSR count). The number of methoxy groups -OCH3 is 1. The number of rotatable bonds is 10. The molecule has 2 aromatic rings. The molecule has 5 nitrogen and oxygen atoms in total. The van der Waals surface area contributed by atoms with Gasteiger partial charge in [0.15, 0.2) is 0 Å². The predicted octanol–water partition coefficient (Wildman–Crippen LogP) is 3.70. The van der Waals surface area contributed by atoms with Crippen molar-refractivity contribution in [3.8, 4) is 17.2 Å². The summed E-state index contributed by atoms with van der Waals surface area (Å²) >= 11 is 5.99. The quantitative estimate of drug-likeness (QED) is 0.654. The van der Waals surface area contributed by atoms with Gasteiger partial charge in [-0.05, 0) is 42.8 Å². The maximum absolute atomic E-state index is 11.8. The van der Waals surface area contributed by atoms with E-state index >= 15 is 0 Å². The fourth-order valence-electron chi connectivity index (χ4n) is 2.10. The molecule has 0 spiro atoms. The molecule has 0 heterocycles. The molecule has 0 aliphatic rings. The van der Waals surface area contributed by atoms with E-state index in [9.17, 15) is 4.79 Å². The standard InChI is InChI=1S/C19H22ClNO4/c1-23-15-8-10-16(11-9-15)24-14-12-21-19(22)7-4-13-25-18-6-3-2-5-17(18)20/h2-3,5-6,8-11H,4,7,12-14H2,1H3,(H,21,22). The number of amides is 1. The molecule has 0 aliphatic heterocycles. The van der Waals surface area contributed by atoms with Crippen LogP contribution in [0, 0.1) is 0 Å². The van der Waals surface area contributed by atoms with Crippen molar-refractivity contribution >= 4 is 17.5 Å². The molecule has 0 saturated heterocycles. The van der Waals surface area contributed by atoms with Gasteiger partial charge in [-0.1, -0.05) is 23.7 Å². The zero-order valence-electron chi connectivity index (χ0n) is 14.2. The zero-order chi connectivity index (χ0) is 17.9. The van der Waals surface area contributed by atoms with Crippen LogP contribution in [0.1, 0.15) is 12.8 Å². The van der Waals surface area contributed by atoms with Gasteiger partial charge in [0.05, 0.1) is 25.3 Å². The highest BCUT2D eigenvalue weighted by Crippen LogP contribution is 2.23. The van der Waals surface area contributed by atoms with Crippen LogP contribution < -0.4 is 19.5 Å². The molecule has 6 heteroatoms. The Bertz CT molecular complexity index is 661. The third-order valence-corrected chi connectivity index (χ3v) is 3.71. The van der Waals surface area contributed by atoms with Gasteiger partial charge in [-0.2, -0.15) is 0 Å². The van der Waals surface area contributed by atoms with Crippen LogP contribution in [0.25, 0.3) is 0 Å². The van der Waals surface area contributed by atoms with Gasteiger partial charge < -0.3 is 19.5 Å². The molecule has 1 amide bonds. The van der Waals surface area contributed by atoms with Gasteiger partial charge >= 0.3 is 0 Å². The average Bonchev–Trinajstić information content (AvgIpc) is 2.64. The first-order chi connectivity index (χ1) is 12.2. The maximum atomic E-state index is 11.8. The van der Waals surface area contributed by atoms with Crippen LogP contribution in [0.5, 0.6) is 17.2 Å². The highest BCUT2D eigenvalue weighted by molar-refractivity contribution is 6.32. The smallest absolute Gasteiger partial charge is 0.220 e. The molecule has 0 atom stereocenters. The van der Waals surface area contributed by atoms with E-state index in [4.69, 9.17) is 25.8 Å². The second-order valence-corrected chi connectivity index (χ2v) is 5.66. The third kappa shape index (κ3) is 6.93. The summed E-state index contributed by atoms with van der Waals surface area (Å²) in [7, 11) is 1.62. The Hall–Kier alpha value is -2.40. The molecule has 0 unspecified atom stereocenters. The minimum Gasteiger partial charge on any atom is -0.497 e. The maximum Gasteiger partial charge on any atom is 0.220 e. The number of benzene rings is 2. The number of carbonyl (C=O) groups is 1. The van der Waals surface area contributed by atoms with Crippen molar-refractivity contribution in [2.24, 2.45) is 0 Å². The van der Waals surface area contributed by atoms with E-state index in [0.717, 1.165) is 11.5 Å². The number of hydrogen-bond acceptors (Lipinski definition) is 4. The number of hydrogen-bond donors (Lipinski definition) is 1. The van der Waals surface area contributed by atoms with Crippen LogP contribution in [0.2, 0.25) is 5.02 Å². The van der Waals surface area contributed by atoms with E-state index in [2.05, 4.69) is 5.32 Å². The van der Waals surface area contributed by atoms with Crippen molar-refractivity contribution in [3.05, 3.63) is 53.6 Å². The van der Waals surface area contributed by atoms with Crippen molar-refractivity contribution in [1.29, 1.82) is 0 Å². The van der Waals surface area contributed by atoms with E-state index in [1.807, 2.05) is 36.4 Å². The summed E-state index contributed by atoms with van der Waals surface area (Å²) in [5.41, 5.74) is 0. The van der Waals surface area contributed by atoms with E-state index in [1.165, 1.54) is 0 Å². The highest BCUT2D eigenvalue weighted by atomic mass is 35.5.